The fourth-order valence-corrected chi connectivity index (χ4v) is 3.03. The number of hydrogen-bond donors (Lipinski definition) is 3. The first-order valence-corrected chi connectivity index (χ1v) is 9.44. The Morgan fingerprint density at radius 1 is 1.24 bits per heavy atom. The third-order valence-electron chi connectivity index (χ3n) is 4.21. The van der Waals surface area contributed by atoms with Crippen molar-refractivity contribution in [1.29, 1.82) is 0 Å². The van der Waals surface area contributed by atoms with Crippen molar-refractivity contribution >= 4 is 17.8 Å². The second-order valence-corrected chi connectivity index (χ2v) is 6.95. The molecule has 7 heteroatoms. The zero-order chi connectivity index (χ0) is 18.7. The van der Waals surface area contributed by atoms with Crippen molar-refractivity contribution in [1.82, 2.24) is 15.5 Å². The number of aliphatic hydroxyl groups excluding tert-OH is 1. The van der Waals surface area contributed by atoms with Crippen LogP contribution in [-0.2, 0) is 9.59 Å². The summed E-state index contributed by atoms with van der Waals surface area (Å²) in [5, 5.41) is 15.6. The molecule has 1 heterocycles. The van der Waals surface area contributed by atoms with Gasteiger partial charge in [0.05, 0.1) is 0 Å². The monoisotopic (exact) mass is 354 g/mol. The first-order chi connectivity index (χ1) is 12.0. The van der Waals surface area contributed by atoms with Crippen molar-refractivity contribution < 1.29 is 14.7 Å². The van der Waals surface area contributed by atoms with E-state index in [-0.39, 0.29) is 18.4 Å². The predicted octanol–water partition coefficient (Wildman–Crippen LogP) is 1.13. The van der Waals surface area contributed by atoms with Crippen LogP contribution >= 0.6 is 0 Å². The smallest absolute Gasteiger partial charge is 0.229 e. The summed E-state index contributed by atoms with van der Waals surface area (Å²) in [5.41, 5.74) is 0. The van der Waals surface area contributed by atoms with E-state index in [1.165, 1.54) is 4.90 Å². The van der Waals surface area contributed by atoms with E-state index in [1.54, 1.807) is 0 Å². The van der Waals surface area contributed by atoms with Crippen LogP contribution in [0.1, 0.15) is 52.9 Å². The molecule has 0 radical (unpaired) electrons. The van der Waals surface area contributed by atoms with Gasteiger partial charge in [0.25, 0.3) is 0 Å². The van der Waals surface area contributed by atoms with Crippen LogP contribution in [-0.4, -0.2) is 60.6 Å². The summed E-state index contributed by atoms with van der Waals surface area (Å²) in [6, 6.07) is 0. The molecule has 1 unspecified atom stereocenters. The van der Waals surface area contributed by atoms with Gasteiger partial charge in [0.15, 0.2) is 5.96 Å². The third-order valence-corrected chi connectivity index (χ3v) is 4.21. The Morgan fingerprint density at radius 3 is 2.48 bits per heavy atom. The third kappa shape index (κ3) is 8.34. The fraction of sp³-hybridized carbons (Fsp3) is 0.833. The maximum absolute atomic E-state index is 11.8. The van der Waals surface area contributed by atoms with Crippen molar-refractivity contribution in [3.8, 4) is 0 Å². The van der Waals surface area contributed by atoms with Gasteiger partial charge in [-0.2, -0.15) is 0 Å². The lowest BCUT2D eigenvalue weighted by atomic mass is 9.94. The standard InChI is InChI=1S/C18H34N4O3/c1-4-19-18(21-13-15(8-11-23)12-14(2)3)20-9-10-22-16(24)6-5-7-17(22)25/h14-15,23H,4-13H2,1-3H3,(H2,19,20,21). The van der Waals surface area contributed by atoms with Crippen LogP contribution in [0.4, 0.5) is 0 Å². The quantitative estimate of drug-likeness (QED) is 0.311. The predicted molar refractivity (Wildman–Crippen MR) is 99.2 cm³/mol. The maximum Gasteiger partial charge on any atom is 0.229 e. The molecule has 1 rings (SSSR count). The largest absolute Gasteiger partial charge is 0.396 e. The molecule has 1 atom stereocenters. The number of amides is 2. The topological polar surface area (TPSA) is 94.0 Å². The van der Waals surface area contributed by atoms with Gasteiger partial charge < -0.3 is 15.7 Å². The molecule has 1 fully saturated rings. The second-order valence-electron chi connectivity index (χ2n) is 6.95. The van der Waals surface area contributed by atoms with Crippen LogP contribution in [0.25, 0.3) is 0 Å². The van der Waals surface area contributed by atoms with Gasteiger partial charge in [-0.05, 0) is 38.0 Å². The van der Waals surface area contributed by atoms with E-state index >= 15 is 0 Å². The lowest BCUT2D eigenvalue weighted by Crippen LogP contribution is -2.46. The molecule has 1 aliphatic rings. The number of nitrogens with zero attached hydrogens (tertiary/aromatic N) is 2. The number of nitrogens with one attached hydrogen (secondary N) is 2. The van der Waals surface area contributed by atoms with Crippen molar-refractivity contribution in [3.05, 3.63) is 0 Å². The summed E-state index contributed by atoms with van der Waals surface area (Å²) in [6.45, 7) is 8.75. The highest BCUT2D eigenvalue weighted by atomic mass is 16.3. The Hall–Kier alpha value is -1.63. The van der Waals surface area contributed by atoms with Crippen LogP contribution < -0.4 is 10.6 Å². The first kappa shape index (κ1) is 21.4. The van der Waals surface area contributed by atoms with Crippen molar-refractivity contribution in [2.75, 3.05) is 32.8 Å². The minimum atomic E-state index is -0.0834. The first-order valence-electron chi connectivity index (χ1n) is 9.44. The van der Waals surface area contributed by atoms with E-state index in [2.05, 4.69) is 29.5 Å². The number of likely N-dealkylation sites (tertiary alicyclic amines) is 1. The molecule has 144 valence electrons. The van der Waals surface area contributed by atoms with Crippen LogP contribution in [0.15, 0.2) is 4.99 Å². The van der Waals surface area contributed by atoms with Gasteiger partial charge in [-0.3, -0.25) is 19.5 Å². The number of imide groups is 1. The Morgan fingerprint density at radius 2 is 1.92 bits per heavy atom. The van der Waals surface area contributed by atoms with Crippen molar-refractivity contribution in [3.63, 3.8) is 0 Å². The van der Waals surface area contributed by atoms with Crippen molar-refractivity contribution in [2.24, 2.45) is 16.8 Å². The Balaban J connectivity index is 2.51. The Kier molecular flexibility index (Phi) is 10.1. The number of guanidine groups is 1. The molecule has 0 bridgehead atoms. The van der Waals surface area contributed by atoms with Gasteiger partial charge in [-0.25, -0.2) is 0 Å². The van der Waals surface area contributed by atoms with Crippen molar-refractivity contribution in [2.45, 2.75) is 52.9 Å². The Labute approximate surface area is 151 Å². The zero-order valence-corrected chi connectivity index (χ0v) is 15.9. The summed E-state index contributed by atoms with van der Waals surface area (Å²) >= 11 is 0. The normalized spacial score (nSPS) is 17.2. The van der Waals surface area contributed by atoms with Crippen LogP contribution in [0.2, 0.25) is 0 Å². The number of aliphatic imine (C=N–C) groups is 1. The number of rotatable bonds is 10. The van der Waals surface area contributed by atoms with Crippen LogP contribution in [0.3, 0.4) is 0 Å². The van der Waals surface area contributed by atoms with Gasteiger partial charge in [0.2, 0.25) is 11.8 Å². The number of piperidine rings is 1. The highest BCUT2D eigenvalue weighted by Crippen LogP contribution is 2.15. The molecular weight excluding hydrogens is 320 g/mol. The summed E-state index contributed by atoms with van der Waals surface area (Å²) in [6.07, 6.45) is 3.35. The van der Waals surface area contributed by atoms with E-state index in [0.717, 1.165) is 19.4 Å². The molecule has 0 aliphatic carbocycles. The molecule has 0 saturated carbocycles. The molecule has 0 aromatic rings. The van der Waals surface area contributed by atoms with E-state index in [1.807, 2.05) is 6.92 Å². The van der Waals surface area contributed by atoms with Gasteiger partial charge in [-0.1, -0.05) is 13.8 Å². The number of aliphatic hydroxyl groups is 1. The molecule has 1 saturated heterocycles. The SMILES string of the molecule is CCNC(=NCC(CCO)CC(C)C)NCCN1C(=O)CCCC1=O. The van der Waals surface area contributed by atoms with Crippen LogP contribution in [0, 0.1) is 11.8 Å². The molecule has 2 amide bonds. The molecular formula is C18H34N4O3. The zero-order valence-electron chi connectivity index (χ0n) is 15.9. The lowest BCUT2D eigenvalue weighted by Gasteiger charge is -2.25. The van der Waals surface area contributed by atoms with Gasteiger partial charge >= 0.3 is 0 Å². The molecule has 1 aliphatic heterocycles. The van der Waals surface area contributed by atoms with E-state index in [9.17, 15) is 14.7 Å². The summed E-state index contributed by atoms with van der Waals surface area (Å²) in [5.74, 6) is 1.44. The highest BCUT2D eigenvalue weighted by Gasteiger charge is 2.25. The van der Waals surface area contributed by atoms with E-state index in [0.29, 0.717) is 56.7 Å². The number of carbonyl (C=O) groups is 2. The fourth-order valence-electron chi connectivity index (χ4n) is 3.03. The minimum Gasteiger partial charge on any atom is -0.396 e. The van der Waals surface area contributed by atoms with Gasteiger partial charge in [0, 0.05) is 45.6 Å². The lowest BCUT2D eigenvalue weighted by molar-refractivity contribution is -0.147. The molecule has 0 aromatic heterocycles. The Bertz CT molecular complexity index is 436. The van der Waals surface area contributed by atoms with Crippen LogP contribution in [0.5, 0.6) is 0 Å². The summed E-state index contributed by atoms with van der Waals surface area (Å²) < 4.78 is 0. The van der Waals surface area contributed by atoms with Gasteiger partial charge in [-0.15, -0.1) is 0 Å². The molecule has 0 spiro atoms. The van der Waals surface area contributed by atoms with Gasteiger partial charge in [0.1, 0.15) is 0 Å². The second kappa shape index (κ2) is 11.8. The van der Waals surface area contributed by atoms with E-state index < -0.39 is 0 Å². The average Bonchev–Trinajstić information content (AvgIpc) is 2.54. The minimum absolute atomic E-state index is 0.0834. The highest BCUT2D eigenvalue weighted by molar-refractivity contribution is 5.97. The maximum atomic E-state index is 11.8. The van der Waals surface area contributed by atoms with E-state index in [4.69, 9.17) is 0 Å². The molecule has 25 heavy (non-hydrogen) atoms. The average molecular weight is 354 g/mol. The summed E-state index contributed by atoms with van der Waals surface area (Å²) in [4.78, 5) is 29.5. The summed E-state index contributed by atoms with van der Waals surface area (Å²) in [7, 11) is 0. The number of carbonyl (C=O) groups excluding carboxylic acids is 2. The molecule has 0 aromatic carbocycles. The number of hydrogen-bond acceptors (Lipinski definition) is 4. The molecule has 7 nitrogen and oxygen atoms in total. The molecule has 3 N–H and O–H groups in total.